The van der Waals surface area contributed by atoms with Crippen LogP contribution in [0.2, 0.25) is 0 Å². The highest BCUT2D eigenvalue weighted by Crippen LogP contribution is 2.35. The summed E-state index contributed by atoms with van der Waals surface area (Å²) in [6.07, 6.45) is 3.73. The molecule has 1 fully saturated rings. The maximum Gasteiger partial charge on any atom is 0.254 e. The van der Waals surface area contributed by atoms with E-state index in [4.69, 9.17) is 4.74 Å². The average Bonchev–Trinajstić information content (AvgIpc) is 3.31. The lowest BCUT2D eigenvalue weighted by Crippen LogP contribution is -2.38. The molecule has 1 aromatic heterocycles. The molecule has 5 rings (SSSR count). The van der Waals surface area contributed by atoms with Crippen LogP contribution >= 0.6 is 0 Å². The Morgan fingerprint density at radius 1 is 0.971 bits per heavy atom. The van der Waals surface area contributed by atoms with E-state index >= 15 is 0 Å². The number of carbonyl (C=O) groups excluding carboxylic acids is 2. The summed E-state index contributed by atoms with van der Waals surface area (Å²) >= 11 is 0. The van der Waals surface area contributed by atoms with Crippen LogP contribution in [0, 0.1) is 5.82 Å². The van der Waals surface area contributed by atoms with Gasteiger partial charge in [0.15, 0.2) is 5.78 Å². The number of hydrogen-bond acceptors (Lipinski definition) is 3. The number of amides is 1. The molecular weight excluding hydrogens is 431 g/mol. The second-order valence-corrected chi connectivity index (χ2v) is 8.60. The molecule has 34 heavy (non-hydrogen) atoms. The molecule has 3 aromatic carbocycles. The molecule has 5 nitrogen and oxygen atoms in total. The Kier molecular flexibility index (Phi) is 5.88. The number of halogens is 1. The van der Waals surface area contributed by atoms with Gasteiger partial charge in [-0.2, -0.15) is 0 Å². The van der Waals surface area contributed by atoms with Gasteiger partial charge in [-0.1, -0.05) is 18.2 Å². The summed E-state index contributed by atoms with van der Waals surface area (Å²) in [6, 6.07) is 18.3. The number of aromatic nitrogens is 1. The van der Waals surface area contributed by atoms with Crippen LogP contribution in [-0.4, -0.2) is 41.8 Å². The minimum Gasteiger partial charge on any atom is -0.497 e. The number of piperidine rings is 1. The lowest BCUT2D eigenvalue weighted by Gasteiger charge is -2.32. The van der Waals surface area contributed by atoms with E-state index < -0.39 is 5.82 Å². The lowest BCUT2D eigenvalue weighted by atomic mass is 9.88. The SMILES string of the molecule is COc1ccc2[nH]cc(C3CCN(C(=O)c4ccccc4C(=O)c4ccc(F)cc4)CC3)c2c1. The van der Waals surface area contributed by atoms with Crippen LogP contribution in [0.15, 0.2) is 72.9 Å². The van der Waals surface area contributed by atoms with E-state index in [2.05, 4.69) is 17.2 Å². The van der Waals surface area contributed by atoms with Gasteiger partial charge in [0.2, 0.25) is 0 Å². The molecule has 0 radical (unpaired) electrons. The fourth-order valence-electron chi connectivity index (χ4n) is 4.77. The van der Waals surface area contributed by atoms with Crippen molar-refractivity contribution in [1.82, 2.24) is 9.88 Å². The van der Waals surface area contributed by atoms with Crippen LogP contribution in [0.1, 0.15) is 50.6 Å². The molecule has 0 spiro atoms. The molecule has 4 aromatic rings. The third-order valence-electron chi connectivity index (χ3n) is 6.65. The van der Waals surface area contributed by atoms with Gasteiger partial charge >= 0.3 is 0 Å². The van der Waals surface area contributed by atoms with Gasteiger partial charge in [0, 0.05) is 41.3 Å². The van der Waals surface area contributed by atoms with Gasteiger partial charge in [-0.3, -0.25) is 9.59 Å². The first kappa shape index (κ1) is 21.9. The maximum atomic E-state index is 13.4. The topological polar surface area (TPSA) is 62.4 Å². The number of likely N-dealkylation sites (tertiary alicyclic amines) is 1. The molecule has 1 saturated heterocycles. The third-order valence-corrected chi connectivity index (χ3v) is 6.65. The van der Waals surface area contributed by atoms with Crippen LogP contribution in [0.5, 0.6) is 5.75 Å². The average molecular weight is 457 g/mol. The number of ether oxygens (including phenoxy) is 1. The number of fused-ring (bicyclic) bond motifs is 1. The van der Waals surface area contributed by atoms with E-state index in [1.165, 1.54) is 29.8 Å². The van der Waals surface area contributed by atoms with Gasteiger partial charge in [0.05, 0.1) is 12.7 Å². The molecule has 172 valence electrons. The number of rotatable bonds is 5. The van der Waals surface area contributed by atoms with Crippen molar-refractivity contribution in [3.8, 4) is 5.75 Å². The van der Waals surface area contributed by atoms with Crippen LogP contribution in [0.3, 0.4) is 0 Å². The predicted molar refractivity (Wildman–Crippen MR) is 129 cm³/mol. The zero-order valence-electron chi connectivity index (χ0n) is 18.9. The molecule has 0 atom stereocenters. The van der Waals surface area contributed by atoms with Crippen molar-refractivity contribution in [2.24, 2.45) is 0 Å². The number of methoxy groups -OCH3 is 1. The molecule has 0 unspecified atom stereocenters. The number of carbonyl (C=O) groups is 2. The zero-order valence-corrected chi connectivity index (χ0v) is 18.9. The van der Waals surface area contributed by atoms with E-state index in [0.29, 0.717) is 35.7 Å². The minimum absolute atomic E-state index is 0.148. The largest absolute Gasteiger partial charge is 0.497 e. The van der Waals surface area contributed by atoms with Crippen molar-refractivity contribution in [3.05, 3.63) is 101 Å². The van der Waals surface area contributed by atoms with Gasteiger partial charge in [-0.15, -0.1) is 0 Å². The van der Waals surface area contributed by atoms with Crippen LogP contribution in [-0.2, 0) is 0 Å². The summed E-state index contributed by atoms with van der Waals surface area (Å²) in [6.45, 7) is 1.22. The second-order valence-electron chi connectivity index (χ2n) is 8.60. The van der Waals surface area contributed by atoms with E-state index in [1.807, 2.05) is 17.0 Å². The number of nitrogens with zero attached hydrogens (tertiary/aromatic N) is 1. The molecule has 1 aliphatic heterocycles. The molecule has 2 heterocycles. The number of hydrogen-bond donors (Lipinski definition) is 1. The van der Waals surface area contributed by atoms with Crippen molar-refractivity contribution in [1.29, 1.82) is 0 Å². The first-order chi connectivity index (χ1) is 16.5. The molecule has 1 amide bonds. The summed E-state index contributed by atoms with van der Waals surface area (Å²) in [4.78, 5) is 31.6. The Labute approximate surface area is 197 Å². The molecule has 0 aliphatic carbocycles. The summed E-state index contributed by atoms with van der Waals surface area (Å²) < 4.78 is 18.7. The van der Waals surface area contributed by atoms with Gasteiger partial charge in [0.1, 0.15) is 11.6 Å². The highest BCUT2D eigenvalue weighted by atomic mass is 19.1. The first-order valence-electron chi connectivity index (χ1n) is 11.4. The number of H-pyrrole nitrogens is 1. The standard InChI is InChI=1S/C28H25FN2O3/c1-34-21-10-11-26-24(16-21)25(17-30-26)18-12-14-31(15-13-18)28(33)23-5-3-2-4-22(23)27(32)19-6-8-20(29)9-7-19/h2-11,16-18,30H,12-15H2,1H3. The Hall–Kier alpha value is -3.93. The number of ketones is 1. The van der Waals surface area contributed by atoms with E-state index in [9.17, 15) is 14.0 Å². The van der Waals surface area contributed by atoms with Crippen LogP contribution in [0.4, 0.5) is 4.39 Å². The Balaban J connectivity index is 1.33. The quantitative estimate of drug-likeness (QED) is 0.400. The van der Waals surface area contributed by atoms with E-state index in [-0.39, 0.29) is 11.7 Å². The fourth-order valence-corrected chi connectivity index (χ4v) is 4.77. The molecule has 6 heteroatoms. The van der Waals surface area contributed by atoms with Crippen molar-refractivity contribution in [2.45, 2.75) is 18.8 Å². The first-order valence-corrected chi connectivity index (χ1v) is 11.4. The number of benzene rings is 3. The summed E-state index contributed by atoms with van der Waals surface area (Å²) in [7, 11) is 1.66. The summed E-state index contributed by atoms with van der Waals surface area (Å²) in [5, 5.41) is 1.15. The maximum absolute atomic E-state index is 13.4. The minimum atomic E-state index is -0.405. The van der Waals surface area contributed by atoms with Gasteiger partial charge in [-0.05, 0) is 72.9 Å². The van der Waals surface area contributed by atoms with Gasteiger partial charge in [-0.25, -0.2) is 4.39 Å². The molecular formula is C28H25FN2O3. The summed E-state index contributed by atoms with van der Waals surface area (Å²) in [5.41, 5.74) is 3.39. The zero-order chi connectivity index (χ0) is 23.7. The number of nitrogens with one attached hydrogen (secondary N) is 1. The molecule has 0 saturated carbocycles. The highest BCUT2D eigenvalue weighted by Gasteiger charge is 2.28. The smallest absolute Gasteiger partial charge is 0.254 e. The van der Waals surface area contributed by atoms with E-state index in [1.54, 1.807) is 31.4 Å². The van der Waals surface area contributed by atoms with Crippen molar-refractivity contribution in [2.75, 3.05) is 20.2 Å². The molecule has 1 N–H and O–H groups in total. The van der Waals surface area contributed by atoms with Crippen molar-refractivity contribution < 1.29 is 18.7 Å². The molecule has 0 bridgehead atoms. The van der Waals surface area contributed by atoms with Gasteiger partial charge in [0.25, 0.3) is 5.91 Å². The monoisotopic (exact) mass is 456 g/mol. The fraction of sp³-hybridized carbons (Fsp3) is 0.214. The number of aromatic amines is 1. The van der Waals surface area contributed by atoms with E-state index in [0.717, 1.165) is 29.5 Å². The van der Waals surface area contributed by atoms with Crippen molar-refractivity contribution in [3.63, 3.8) is 0 Å². The van der Waals surface area contributed by atoms with Crippen molar-refractivity contribution >= 4 is 22.6 Å². The Morgan fingerprint density at radius 3 is 2.38 bits per heavy atom. The van der Waals surface area contributed by atoms with Crippen LogP contribution < -0.4 is 4.74 Å². The lowest BCUT2D eigenvalue weighted by molar-refractivity contribution is 0.0709. The third kappa shape index (κ3) is 4.07. The van der Waals surface area contributed by atoms with Crippen LogP contribution in [0.25, 0.3) is 10.9 Å². The molecule has 1 aliphatic rings. The van der Waals surface area contributed by atoms with Gasteiger partial charge < -0.3 is 14.6 Å². The predicted octanol–water partition coefficient (Wildman–Crippen LogP) is 5.57. The normalized spacial score (nSPS) is 14.4. The highest BCUT2D eigenvalue weighted by molar-refractivity contribution is 6.15. The summed E-state index contributed by atoms with van der Waals surface area (Å²) in [5.74, 6) is 0.318. The second kappa shape index (κ2) is 9.14. The Morgan fingerprint density at radius 2 is 1.68 bits per heavy atom. The Bertz CT molecular complexity index is 1350.